The first kappa shape index (κ1) is 6.09. The van der Waals surface area contributed by atoms with E-state index in [9.17, 15) is 9.59 Å². The topological polar surface area (TPSA) is 46.2 Å². The molecule has 1 aliphatic heterocycles. The van der Waals surface area contributed by atoms with Crippen LogP contribution in [0, 0.1) is 0 Å². The Morgan fingerprint density at radius 2 is 1.91 bits per heavy atom. The number of hydrogen-bond donors (Lipinski definition) is 1. The van der Waals surface area contributed by atoms with Crippen LogP contribution < -0.4 is 5.32 Å². The van der Waals surface area contributed by atoms with E-state index in [2.05, 4.69) is 5.32 Å². The van der Waals surface area contributed by atoms with Crippen LogP contribution in [0.15, 0.2) is 24.3 Å². The Labute approximate surface area is 64.5 Å². The van der Waals surface area contributed by atoms with E-state index < -0.39 is 11.7 Å². The molecule has 1 amide bonds. The van der Waals surface area contributed by atoms with Crippen LogP contribution in [-0.4, -0.2) is 11.7 Å². The zero-order valence-corrected chi connectivity index (χ0v) is 5.63. The molecule has 54 valence electrons. The molecule has 1 aromatic rings. The highest BCUT2D eigenvalue weighted by atomic mass is 16.2. The average Bonchev–Trinajstić information content (AvgIpc) is 2.30. The van der Waals surface area contributed by atoms with Crippen LogP contribution in [0.1, 0.15) is 11.8 Å². The van der Waals surface area contributed by atoms with Crippen LogP contribution in [-0.2, 0) is 4.79 Å². The van der Waals surface area contributed by atoms with Crippen molar-refractivity contribution in [1.82, 2.24) is 0 Å². The number of benzene rings is 1. The second kappa shape index (κ2) is 1.92. The number of hydrogen-bond acceptors (Lipinski definition) is 2. The van der Waals surface area contributed by atoms with Gasteiger partial charge in [0.15, 0.2) is 0 Å². The second-order valence-electron chi connectivity index (χ2n) is 2.33. The zero-order chi connectivity index (χ0) is 7.84. The van der Waals surface area contributed by atoms with Gasteiger partial charge in [0.1, 0.15) is 0 Å². The molecule has 11 heavy (non-hydrogen) atoms. The van der Waals surface area contributed by atoms with Gasteiger partial charge in [-0.15, -0.1) is 0 Å². The second-order valence-corrected chi connectivity index (χ2v) is 2.33. The van der Waals surface area contributed by atoms with E-state index in [-0.39, 0.29) is 1.43 Å². The van der Waals surface area contributed by atoms with Crippen molar-refractivity contribution in [3.63, 3.8) is 0 Å². The summed E-state index contributed by atoms with van der Waals surface area (Å²) >= 11 is 0. The number of carbonyl (C=O) groups excluding carboxylic acids is 2. The number of para-hydroxylation sites is 1. The summed E-state index contributed by atoms with van der Waals surface area (Å²) in [5.74, 6) is -0.980. The van der Waals surface area contributed by atoms with E-state index in [1.54, 1.807) is 24.3 Å². The number of ketones is 1. The molecular weight excluding hydrogens is 142 g/mol. The molecule has 0 aromatic heterocycles. The summed E-state index contributed by atoms with van der Waals surface area (Å²) in [6.45, 7) is 0. The van der Waals surface area contributed by atoms with E-state index in [1.165, 1.54) is 0 Å². The molecule has 1 aromatic carbocycles. The van der Waals surface area contributed by atoms with Gasteiger partial charge in [0, 0.05) is 0 Å². The summed E-state index contributed by atoms with van der Waals surface area (Å²) in [4.78, 5) is 21.8. The normalized spacial score (nSPS) is 14.5. The molecule has 1 aliphatic rings. The molecule has 1 heterocycles. The van der Waals surface area contributed by atoms with Crippen molar-refractivity contribution in [3.05, 3.63) is 29.8 Å². The Hall–Kier alpha value is -1.64. The van der Waals surface area contributed by atoms with Gasteiger partial charge in [0.05, 0.1) is 11.3 Å². The van der Waals surface area contributed by atoms with Crippen molar-refractivity contribution in [3.8, 4) is 0 Å². The maximum absolute atomic E-state index is 11.0. The summed E-state index contributed by atoms with van der Waals surface area (Å²) in [5.41, 5.74) is 1.08. The Morgan fingerprint density at radius 3 is 2.64 bits per heavy atom. The Morgan fingerprint density at radius 1 is 1.18 bits per heavy atom. The van der Waals surface area contributed by atoms with Gasteiger partial charge in [-0.1, -0.05) is 12.1 Å². The Bertz CT molecular complexity index is 349. The third kappa shape index (κ3) is 0.741. The van der Waals surface area contributed by atoms with Gasteiger partial charge in [-0.05, 0) is 12.1 Å². The van der Waals surface area contributed by atoms with Crippen LogP contribution in [0.3, 0.4) is 0 Å². The minimum atomic E-state index is -0.536. The minimum Gasteiger partial charge on any atom is -0.318 e. The lowest BCUT2D eigenvalue weighted by molar-refractivity contribution is -0.112. The number of Topliss-reactive ketones (excluding diaryl/α,β-unsaturated/α-hetero) is 1. The Kier molecular flexibility index (Phi) is 1.06. The van der Waals surface area contributed by atoms with Crippen molar-refractivity contribution in [1.29, 1.82) is 0 Å². The smallest absolute Gasteiger partial charge is 0.318 e. The van der Waals surface area contributed by atoms with Crippen molar-refractivity contribution in [2.45, 2.75) is 0 Å². The third-order valence-electron chi connectivity index (χ3n) is 1.63. The molecule has 2 rings (SSSR count). The molecule has 0 saturated heterocycles. The van der Waals surface area contributed by atoms with E-state index in [0.29, 0.717) is 11.3 Å². The number of carbonyl (C=O) groups is 2. The van der Waals surface area contributed by atoms with Crippen molar-refractivity contribution in [2.24, 2.45) is 0 Å². The van der Waals surface area contributed by atoms with Gasteiger partial charge in [-0.25, -0.2) is 0 Å². The van der Waals surface area contributed by atoms with Crippen LogP contribution in [0.5, 0.6) is 0 Å². The molecule has 3 nitrogen and oxygen atoms in total. The predicted octanol–water partition coefficient (Wildman–Crippen LogP) is 0.934. The first-order chi connectivity index (χ1) is 5.29. The number of rotatable bonds is 0. The number of nitrogens with one attached hydrogen (secondary N) is 1. The van der Waals surface area contributed by atoms with E-state index in [1.807, 2.05) is 0 Å². The lowest BCUT2D eigenvalue weighted by Crippen LogP contribution is -2.12. The SMILES string of the molecule is O=C1Nc2ccccc2C1=O.[H+]. The molecule has 0 unspecified atom stereocenters. The van der Waals surface area contributed by atoms with E-state index in [4.69, 9.17) is 0 Å². The summed E-state index contributed by atoms with van der Waals surface area (Å²) in [5, 5.41) is 2.46. The Balaban J connectivity index is 0.000000720. The van der Waals surface area contributed by atoms with Crippen LogP contribution in [0.2, 0.25) is 0 Å². The van der Waals surface area contributed by atoms with Gasteiger partial charge in [0.2, 0.25) is 0 Å². The van der Waals surface area contributed by atoms with Gasteiger partial charge in [-0.3, -0.25) is 9.59 Å². The molecule has 1 N–H and O–H groups in total. The number of amides is 1. The molecule has 0 saturated carbocycles. The fourth-order valence-electron chi connectivity index (χ4n) is 1.09. The molecule has 0 radical (unpaired) electrons. The highest BCUT2D eigenvalue weighted by Gasteiger charge is 2.26. The highest BCUT2D eigenvalue weighted by Crippen LogP contribution is 2.21. The number of fused-ring (bicyclic) bond motifs is 1. The molecule has 0 bridgehead atoms. The maximum Gasteiger partial charge on any atom is 1.00 e. The summed E-state index contributed by atoms with van der Waals surface area (Å²) < 4.78 is 0. The average molecular weight is 148 g/mol. The highest BCUT2D eigenvalue weighted by molar-refractivity contribution is 6.51. The van der Waals surface area contributed by atoms with E-state index in [0.717, 1.165) is 0 Å². The third-order valence-corrected chi connectivity index (χ3v) is 1.63. The summed E-state index contributed by atoms with van der Waals surface area (Å²) in [7, 11) is 0. The fraction of sp³-hybridized carbons (Fsp3) is 0. The number of anilines is 1. The minimum absolute atomic E-state index is 0. The van der Waals surface area contributed by atoms with Crippen LogP contribution in [0.25, 0.3) is 0 Å². The van der Waals surface area contributed by atoms with Crippen LogP contribution in [0.4, 0.5) is 5.69 Å². The predicted molar refractivity (Wildman–Crippen MR) is 40.5 cm³/mol. The first-order valence-corrected chi connectivity index (χ1v) is 3.24. The van der Waals surface area contributed by atoms with Crippen molar-refractivity contribution >= 4 is 17.4 Å². The van der Waals surface area contributed by atoms with Crippen molar-refractivity contribution in [2.75, 3.05) is 5.32 Å². The maximum atomic E-state index is 11.0. The van der Waals surface area contributed by atoms with Crippen molar-refractivity contribution < 1.29 is 11.0 Å². The molecule has 0 atom stereocenters. The standard InChI is InChI=1S/C8H5NO2/c10-7-5-3-1-2-4-6(5)9-8(7)11/h1-4H,(H,9,10,11)/p+1. The van der Waals surface area contributed by atoms with Gasteiger partial charge in [-0.2, -0.15) is 0 Å². The quantitative estimate of drug-likeness (QED) is 0.556. The lowest BCUT2D eigenvalue weighted by atomic mass is 10.1. The first-order valence-electron chi connectivity index (χ1n) is 3.24. The molecule has 3 heteroatoms. The molecule has 0 fully saturated rings. The zero-order valence-electron chi connectivity index (χ0n) is 6.63. The summed E-state index contributed by atoms with van der Waals surface area (Å²) in [6.07, 6.45) is 0. The molecule has 0 aliphatic carbocycles. The van der Waals surface area contributed by atoms with Gasteiger partial charge >= 0.3 is 1.43 Å². The molecule has 0 spiro atoms. The van der Waals surface area contributed by atoms with Crippen LogP contribution >= 0.6 is 0 Å². The largest absolute Gasteiger partial charge is 1.00 e. The lowest BCUT2D eigenvalue weighted by Gasteiger charge is -1.91. The van der Waals surface area contributed by atoms with Gasteiger partial charge < -0.3 is 5.32 Å². The molecular formula is C8H6NO2+. The fourth-order valence-corrected chi connectivity index (χ4v) is 1.09. The van der Waals surface area contributed by atoms with E-state index >= 15 is 0 Å². The summed E-state index contributed by atoms with van der Waals surface area (Å²) in [6, 6.07) is 6.85. The van der Waals surface area contributed by atoms with Gasteiger partial charge in [0.25, 0.3) is 11.7 Å². The monoisotopic (exact) mass is 148 g/mol.